The van der Waals surface area contributed by atoms with Crippen molar-refractivity contribution in [2.75, 3.05) is 19.7 Å². The number of nitrogens with zero attached hydrogens (tertiary/aromatic N) is 2. The van der Waals surface area contributed by atoms with Gasteiger partial charge in [-0.15, -0.1) is 0 Å². The standard InChI is InChI=1S/C21H27N3O4S/c1-3-28-21-18(8-7-11-22-21)15-23-20(25)17-10-9-16(2)19(14-17)29(26,27)24-12-5-4-6-13-24/h7-11,14H,3-6,12-13,15H2,1-2H3,(H,23,25). The molecule has 1 aromatic heterocycles. The van der Waals surface area contributed by atoms with Crippen LogP contribution in [0.5, 0.6) is 5.88 Å². The van der Waals surface area contributed by atoms with Crippen LogP contribution >= 0.6 is 0 Å². The predicted molar refractivity (Wildman–Crippen MR) is 110 cm³/mol. The molecule has 1 fully saturated rings. The number of carbonyl (C=O) groups is 1. The van der Waals surface area contributed by atoms with E-state index in [1.807, 2.05) is 13.0 Å². The van der Waals surface area contributed by atoms with Gasteiger partial charge in [0.15, 0.2) is 0 Å². The van der Waals surface area contributed by atoms with Crippen molar-refractivity contribution >= 4 is 15.9 Å². The molecule has 156 valence electrons. The summed E-state index contributed by atoms with van der Waals surface area (Å²) in [5, 5.41) is 2.82. The van der Waals surface area contributed by atoms with E-state index in [2.05, 4.69) is 10.3 Å². The van der Waals surface area contributed by atoms with Crippen molar-refractivity contribution in [2.24, 2.45) is 0 Å². The first-order valence-electron chi connectivity index (χ1n) is 9.89. The van der Waals surface area contributed by atoms with Crippen LogP contribution in [0.2, 0.25) is 0 Å². The van der Waals surface area contributed by atoms with Crippen molar-refractivity contribution < 1.29 is 17.9 Å². The van der Waals surface area contributed by atoms with Crippen LogP contribution in [0.3, 0.4) is 0 Å². The van der Waals surface area contributed by atoms with E-state index in [1.54, 1.807) is 31.3 Å². The monoisotopic (exact) mass is 417 g/mol. The molecule has 0 aliphatic carbocycles. The van der Waals surface area contributed by atoms with Crippen LogP contribution in [0, 0.1) is 6.92 Å². The molecule has 0 atom stereocenters. The summed E-state index contributed by atoms with van der Waals surface area (Å²) in [5.74, 6) is 0.138. The Morgan fingerprint density at radius 3 is 2.69 bits per heavy atom. The number of benzene rings is 1. The Hall–Kier alpha value is -2.45. The van der Waals surface area contributed by atoms with Gasteiger partial charge in [0, 0.05) is 37.0 Å². The maximum Gasteiger partial charge on any atom is 0.251 e. The zero-order valence-electron chi connectivity index (χ0n) is 16.8. The van der Waals surface area contributed by atoms with Crippen LogP contribution in [0.25, 0.3) is 0 Å². The lowest BCUT2D eigenvalue weighted by atomic mass is 10.1. The largest absolute Gasteiger partial charge is 0.478 e. The number of hydrogen-bond donors (Lipinski definition) is 1. The first-order valence-corrected chi connectivity index (χ1v) is 11.3. The molecule has 2 heterocycles. The van der Waals surface area contributed by atoms with Gasteiger partial charge < -0.3 is 10.1 Å². The van der Waals surface area contributed by atoms with Gasteiger partial charge in [-0.05, 0) is 50.5 Å². The van der Waals surface area contributed by atoms with E-state index in [0.717, 1.165) is 24.8 Å². The first-order chi connectivity index (χ1) is 13.9. The highest BCUT2D eigenvalue weighted by Crippen LogP contribution is 2.24. The number of aromatic nitrogens is 1. The quantitative estimate of drug-likeness (QED) is 0.748. The maximum atomic E-state index is 13.0. The zero-order valence-corrected chi connectivity index (χ0v) is 17.7. The van der Waals surface area contributed by atoms with Crippen LogP contribution in [-0.2, 0) is 16.6 Å². The van der Waals surface area contributed by atoms with E-state index in [1.165, 1.54) is 10.4 Å². The van der Waals surface area contributed by atoms with Gasteiger partial charge in [-0.2, -0.15) is 4.31 Å². The molecule has 1 N–H and O–H groups in total. The van der Waals surface area contributed by atoms with Crippen molar-refractivity contribution in [3.63, 3.8) is 0 Å². The fourth-order valence-electron chi connectivity index (χ4n) is 3.37. The number of sulfonamides is 1. The summed E-state index contributed by atoms with van der Waals surface area (Å²) in [4.78, 5) is 17.0. The van der Waals surface area contributed by atoms with Gasteiger partial charge in [0.1, 0.15) is 0 Å². The third kappa shape index (κ3) is 4.94. The average molecular weight is 418 g/mol. The van der Waals surface area contributed by atoms with Gasteiger partial charge in [0.05, 0.1) is 11.5 Å². The summed E-state index contributed by atoms with van der Waals surface area (Å²) in [7, 11) is -3.61. The van der Waals surface area contributed by atoms with Crippen molar-refractivity contribution in [2.45, 2.75) is 44.6 Å². The molecule has 0 unspecified atom stereocenters. The van der Waals surface area contributed by atoms with Crippen LogP contribution in [0.15, 0.2) is 41.4 Å². The number of ether oxygens (including phenoxy) is 1. The molecule has 0 radical (unpaired) electrons. The van der Waals surface area contributed by atoms with Gasteiger partial charge in [-0.25, -0.2) is 13.4 Å². The Morgan fingerprint density at radius 1 is 1.21 bits per heavy atom. The highest BCUT2D eigenvalue weighted by atomic mass is 32.2. The Labute approximate surface area is 172 Å². The number of nitrogens with one attached hydrogen (secondary N) is 1. The SMILES string of the molecule is CCOc1ncccc1CNC(=O)c1ccc(C)c(S(=O)(=O)N2CCCCC2)c1. The Bertz CT molecular complexity index is 970. The predicted octanol–water partition coefficient (Wildman–Crippen LogP) is 2.89. The van der Waals surface area contributed by atoms with Gasteiger partial charge in [0.2, 0.25) is 15.9 Å². The smallest absolute Gasteiger partial charge is 0.251 e. The lowest BCUT2D eigenvalue weighted by molar-refractivity contribution is 0.0950. The van der Waals surface area contributed by atoms with Crippen LogP contribution in [0.1, 0.15) is 47.7 Å². The number of amides is 1. The lowest BCUT2D eigenvalue weighted by Crippen LogP contribution is -2.36. The van der Waals surface area contributed by atoms with E-state index < -0.39 is 10.0 Å². The normalized spacial score (nSPS) is 15.1. The minimum atomic E-state index is -3.61. The molecule has 1 aromatic carbocycles. The summed E-state index contributed by atoms with van der Waals surface area (Å²) in [5.41, 5.74) is 1.71. The van der Waals surface area contributed by atoms with Crippen LogP contribution < -0.4 is 10.1 Å². The molecule has 0 bridgehead atoms. The highest BCUT2D eigenvalue weighted by Gasteiger charge is 2.28. The summed E-state index contributed by atoms with van der Waals surface area (Å²) in [6, 6.07) is 8.41. The molecular formula is C21H27N3O4S. The summed E-state index contributed by atoms with van der Waals surface area (Å²) in [6.45, 7) is 5.40. The molecule has 3 rings (SSSR count). The van der Waals surface area contributed by atoms with Crippen molar-refractivity contribution in [1.82, 2.24) is 14.6 Å². The molecule has 1 saturated heterocycles. The second kappa shape index (κ2) is 9.37. The Balaban J connectivity index is 1.78. The molecule has 1 aliphatic rings. The topological polar surface area (TPSA) is 88.6 Å². The fraction of sp³-hybridized carbons (Fsp3) is 0.429. The fourth-order valence-corrected chi connectivity index (χ4v) is 5.13. The number of carbonyl (C=O) groups excluding carboxylic acids is 1. The summed E-state index contributed by atoms with van der Waals surface area (Å²) < 4.78 is 33.1. The average Bonchev–Trinajstić information content (AvgIpc) is 2.74. The Kier molecular flexibility index (Phi) is 6.87. The molecular weight excluding hydrogens is 390 g/mol. The first kappa shape index (κ1) is 21.3. The molecule has 29 heavy (non-hydrogen) atoms. The highest BCUT2D eigenvalue weighted by molar-refractivity contribution is 7.89. The van der Waals surface area contributed by atoms with E-state index in [4.69, 9.17) is 4.74 Å². The number of aryl methyl sites for hydroxylation is 1. The molecule has 2 aromatic rings. The molecule has 7 nitrogen and oxygen atoms in total. The van der Waals surface area contributed by atoms with E-state index in [-0.39, 0.29) is 17.3 Å². The van der Waals surface area contributed by atoms with Gasteiger partial charge in [-0.3, -0.25) is 4.79 Å². The number of hydrogen-bond acceptors (Lipinski definition) is 5. The van der Waals surface area contributed by atoms with E-state index >= 15 is 0 Å². The van der Waals surface area contributed by atoms with Crippen molar-refractivity contribution in [1.29, 1.82) is 0 Å². The van der Waals surface area contributed by atoms with E-state index in [0.29, 0.717) is 36.7 Å². The minimum Gasteiger partial charge on any atom is -0.478 e. The number of piperidine rings is 1. The second-order valence-electron chi connectivity index (χ2n) is 7.03. The second-order valence-corrected chi connectivity index (χ2v) is 8.93. The van der Waals surface area contributed by atoms with Crippen LogP contribution in [0.4, 0.5) is 0 Å². The van der Waals surface area contributed by atoms with Crippen LogP contribution in [-0.4, -0.2) is 43.3 Å². The number of rotatable bonds is 7. The van der Waals surface area contributed by atoms with Crippen molar-refractivity contribution in [3.05, 3.63) is 53.2 Å². The minimum absolute atomic E-state index is 0.198. The molecule has 0 spiro atoms. The number of pyridine rings is 1. The molecule has 1 aliphatic heterocycles. The van der Waals surface area contributed by atoms with Gasteiger partial charge in [-0.1, -0.05) is 18.6 Å². The summed E-state index contributed by atoms with van der Waals surface area (Å²) >= 11 is 0. The molecule has 8 heteroatoms. The molecule has 0 saturated carbocycles. The van der Waals surface area contributed by atoms with Crippen molar-refractivity contribution in [3.8, 4) is 5.88 Å². The van der Waals surface area contributed by atoms with Gasteiger partial charge >= 0.3 is 0 Å². The lowest BCUT2D eigenvalue weighted by Gasteiger charge is -2.26. The summed E-state index contributed by atoms with van der Waals surface area (Å²) in [6.07, 6.45) is 4.41. The van der Waals surface area contributed by atoms with Gasteiger partial charge in [0.25, 0.3) is 5.91 Å². The third-order valence-electron chi connectivity index (χ3n) is 4.95. The molecule has 1 amide bonds. The zero-order chi connectivity index (χ0) is 20.9. The third-order valence-corrected chi connectivity index (χ3v) is 6.99. The van der Waals surface area contributed by atoms with E-state index in [9.17, 15) is 13.2 Å². The maximum absolute atomic E-state index is 13.0. The Morgan fingerprint density at radius 2 is 1.97 bits per heavy atom.